The summed E-state index contributed by atoms with van der Waals surface area (Å²) in [6, 6.07) is 0.182. The fourth-order valence-corrected chi connectivity index (χ4v) is 2.24. The van der Waals surface area contributed by atoms with Crippen molar-refractivity contribution in [3.05, 3.63) is 11.9 Å². The first kappa shape index (κ1) is 14.1. The lowest BCUT2D eigenvalue weighted by molar-refractivity contribution is -0.121. The number of thioether (sulfide) groups is 1. The highest BCUT2D eigenvalue weighted by Gasteiger charge is 2.08. The molecule has 0 aromatic carbocycles. The maximum atomic E-state index is 11.4. The molecule has 0 aliphatic rings. The Morgan fingerprint density at radius 3 is 2.88 bits per heavy atom. The molecule has 0 aliphatic carbocycles. The van der Waals surface area contributed by atoms with Gasteiger partial charge in [0, 0.05) is 25.3 Å². The van der Waals surface area contributed by atoms with E-state index in [4.69, 9.17) is 5.11 Å². The van der Waals surface area contributed by atoms with Crippen LogP contribution in [0.4, 0.5) is 0 Å². The lowest BCUT2D eigenvalue weighted by Crippen LogP contribution is -2.30. The topological polar surface area (TPSA) is 67.2 Å². The standard InChI is InChI=1S/C11H19N3O2S/c1-8(2)13-10(16)4-5-17-11-12-6-9(7-15)14(11)3/h6,8,15H,4-5,7H2,1-3H3,(H,13,16). The van der Waals surface area contributed by atoms with Gasteiger partial charge in [-0.25, -0.2) is 4.98 Å². The van der Waals surface area contributed by atoms with Crippen LogP contribution in [0, 0.1) is 0 Å². The smallest absolute Gasteiger partial charge is 0.221 e. The molecular formula is C11H19N3O2S. The second-order valence-electron chi connectivity index (χ2n) is 4.07. The minimum atomic E-state index is -0.0160. The molecule has 0 fully saturated rings. The Hall–Kier alpha value is -1.01. The summed E-state index contributed by atoms with van der Waals surface area (Å²) >= 11 is 1.52. The van der Waals surface area contributed by atoms with E-state index in [1.807, 2.05) is 25.5 Å². The third kappa shape index (κ3) is 4.40. The fraction of sp³-hybridized carbons (Fsp3) is 0.636. The number of imidazole rings is 1. The molecule has 0 atom stereocenters. The molecule has 1 aromatic rings. The van der Waals surface area contributed by atoms with Gasteiger partial charge in [-0.15, -0.1) is 0 Å². The summed E-state index contributed by atoms with van der Waals surface area (Å²) in [4.78, 5) is 15.6. The predicted octanol–water partition coefficient (Wildman–Crippen LogP) is 0.919. The third-order valence-electron chi connectivity index (χ3n) is 2.21. The van der Waals surface area contributed by atoms with Crippen LogP contribution in [0.1, 0.15) is 26.0 Å². The van der Waals surface area contributed by atoms with Gasteiger partial charge in [0.1, 0.15) is 0 Å². The SMILES string of the molecule is CC(C)NC(=O)CCSc1ncc(CO)n1C. The summed E-state index contributed by atoms with van der Waals surface area (Å²) in [7, 11) is 1.86. The molecule has 1 aromatic heterocycles. The van der Waals surface area contributed by atoms with Crippen LogP contribution in [0.15, 0.2) is 11.4 Å². The highest BCUT2D eigenvalue weighted by Crippen LogP contribution is 2.17. The molecule has 0 bridgehead atoms. The number of nitrogens with zero attached hydrogens (tertiary/aromatic N) is 2. The zero-order chi connectivity index (χ0) is 12.8. The summed E-state index contributed by atoms with van der Waals surface area (Å²) < 4.78 is 1.84. The molecule has 2 N–H and O–H groups in total. The number of aliphatic hydroxyl groups excluding tert-OH is 1. The van der Waals surface area contributed by atoms with Crippen LogP contribution in [0.3, 0.4) is 0 Å². The lowest BCUT2D eigenvalue weighted by atomic mass is 10.3. The number of carbonyl (C=O) groups excluding carboxylic acids is 1. The minimum absolute atomic E-state index is 0.0160. The molecule has 0 spiro atoms. The number of carbonyl (C=O) groups is 1. The van der Waals surface area contributed by atoms with Crippen LogP contribution >= 0.6 is 11.8 Å². The number of hydrogen-bond acceptors (Lipinski definition) is 4. The van der Waals surface area contributed by atoms with Crippen molar-refractivity contribution in [2.75, 3.05) is 5.75 Å². The van der Waals surface area contributed by atoms with Crippen LogP contribution in [0.25, 0.3) is 0 Å². The van der Waals surface area contributed by atoms with Crippen molar-refractivity contribution in [3.8, 4) is 0 Å². The second-order valence-corrected chi connectivity index (χ2v) is 5.13. The number of rotatable bonds is 6. The first-order chi connectivity index (χ1) is 8.04. The van der Waals surface area contributed by atoms with Gasteiger partial charge in [0.25, 0.3) is 0 Å². The Labute approximate surface area is 106 Å². The van der Waals surface area contributed by atoms with E-state index in [-0.39, 0.29) is 18.6 Å². The summed E-state index contributed by atoms with van der Waals surface area (Å²) in [6.45, 7) is 3.87. The minimum Gasteiger partial charge on any atom is -0.390 e. The monoisotopic (exact) mass is 257 g/mol. The number of nitrogens with one attached hydrogen (secondary N) is 1. The molecule has 0 saturated carbocycles. The third-order valence-corrected chi connectivity index (χ3v) is 3.26. The van der Waals surface area contributed by atoms with Crippen LogP contribution < -0.4 is 5.32 Å². The number of aliphatic hydroxyl groups is 1. The summed E-state index contributed by atoms with van der Waals surface area (Å²) in [6.07, 6.45) is 2.13. The van der Waals surface area contributed by atoms with Gasteiger partial charge < -0.3 is 15.0 Å². The van der Waals surface area contributed by atoms with Gasteiger partial charge in [0.15, 0.2) is 5.16 Å². The second kappa shape index (κ2) is 6.66. The zero-order valence-electron chi connectivity index (χ0n) is 10.4. The van der Waals surface area contributed by atoms with E-state index in [2.05, 4.69) is 10.3 Å². The zero-order valence-corrected chi connectivity index (χ0v) is 11.3. The summed E-state index contributed by atoms with van der Waals surface area (Å²) in [5.74, 6) is 0.748. The van der Waals surface area contributed by atoms with Crippen LogP contribution in [0.5, 0.6) is 0 Å². The van der Waals surface area contributed by atoms with Gasteiger partial charge >= 0.3 is 0 Å². The fourth-order valence-electron chi connectivity index (χ4n) is 1.34. The van der Waals surface area contributed by atoms with Crippen molar-refractivity contribution in [3.63, 3.8) is 0 Å². The molecule has 1 rings (SSSR count). The first-order valence-corrected chi connectivity index (χ1v) is 6.56. The maximum absolute atomic E-state index is 11.4. The summed E-state index contributed by atoms with van der Waals surface area (Å²) in [5.41, 5.74) is 0.777. The van der Waals surface area contributed by atoms with Crippen molar-refractivity contribution in [2.45, 2.75) is 38.1 Å². The average Bonchev–Trinajstić information content (AvgIpc) is 2.59. The Balaban J connectivity index is 2.35. The molecular weight excluding hydrogens is 238 g/mol. The highest BCUT2D eigenvalue weighted by atomic mass is 32.2. The Kier molecular flexibility index (Phi) is 5.50. The Morgan fingerprint density at radius 2 is 2.35 bits per heavy atom. The van der Waals surface area contributed by atoms with Gasteiger partial charge in [-0.1, -0.05) is 11.8 Å². The largest absolute Gasteiger partial charge is 0.390 e. The number of aromatic nitrogens is 2. The molecule has 96 valence electrons. The maximum Gasteiger partial charge on any atom is 0.221 e. The van der Waals surface area contributed by atoms with E-state index in [0.717, 1.165) is 10.9 Å². The van der Waals surface area contributed by atoms with Crippen molar-refractivity contribution in [1.29, 1.82) is 0 Å². The lowest BCUT2D eigenvalue weighted by Gasteiger charge is -2.08. The van der Waals surface area contributed by atoms with Crippen molar-refractivity contribution >= 4 is 17.7 Å². The molecule has 0 unspecified atom stereocenters. The van der Waals surface area contributed by atoms with Crippen molar-refractivity contribution in [1.82, 2.24) is 14.9 Å². The molecule has 1 amide bonds. The average molecular weight is 257 g/mol. The number of hydrogen-bond donors (Lipinski definition) is 2. The van der Waals surface area contributed by atoms with Crippen molar-refractivity contribution in [2.24, 2.45) is 7.05 Å². The number of amides is 1. The summed E-state index contributed by atoms with van der Waals surface area (Å²) in [5, 5.41) is 12.7. The normalized spacial score (nSPS) is 10.9. The van der Waals surface area contributed by atoms with Gasteiger partial charge in [-0.2, -0.15) is 0 Å². The molecule has 17 heavy (non-hydrogen) atoms. The van der Waals surface area contributed by atoms with Gasteiger partial charge in [0.05, 0.1) is 18.5 Å². The van der Waals surface area contributed by atoms with E-state index in [9.17, 15) is 4.79 Å². The Morgan fingerprint density at radius 1 is 1.65 bits per heavy atom. The molecule has 0 saturated heterocycles. The van der Waals surface area contributed by atoms with Crippen LogP contribution in [0.2, 0.25) is 0 Å². The molecule has 0 radical (unpaired) electrons. The van der Waals surface area contributed by atoms with E-state index >= 15 is 0 Å². The van der Waals surface area contributed by atoms with E-state index in [1.54, 1.807) is 6.20 Å². The van der Waals surface area contributed by atoms with Crippen LogP contribution in [-0.2, 0) is 18.4 Å². The van der Waals surface area contributed by atoms with Crippen molar-refractivity contribution < 1.29 is 9.90 Å². The molecule has 5 nitrogen and oxygen atoms in total. The van der Waals surface area contributed by atoms with Gasteiger partial charge in [-0.05, 0) is 13.8 Å². The highest BCUT2D eigenvalue weighted by molar-refractivity contribution is 7.99. The van der Waals surface area contributed by atoms with E-state index in [0.29, 0.717) is 12.2 Å². The molecule has 0 aliphatic heterocycles. The molecule has 6 heteroatoms. The van der Waals surface area contributed by atoms with Gasteiger partial charge in [-0.3, -0.25) is 4.79 Å². The van der Waals surface area contributed by atoms with Gasteiger partial charge in [0.2, 0.25) is 5.91 Å². The van der Waals surface area contributed by atoms with E-state index < -0.39 is 0 Å². The first-order valence-electron chi connectivity index (χ1n) is 5.58. The van der Waals surface area contributed by atoms with E-state index in [1.165, 1.54) is 11.8 Å². The Bertz CT molecular complexity index is 377. The predicted molar refractivity (Wildman–Crippen MR) is 67.8 cm³/mol. The van der Waals surface area contributed by atoms with Crippen LogP contribution in [-0.4, -0.2) is 32.4 Å². The molecule has 1 heterocycles. The quantitative estimate of drug-likeness (QED) is 0.744.